The van der Waals surface area contributed by atoms with E-state index in [1.54, 1.807) is 5.57 Å². The number of nitrogens with zero attached hydrogens (tertiary/aromatic N) is 1. The number of hydrogen-bond donors (Lipinski definition) is 2. The fraction of sp³-hybridized carbons (Fsp3) is 0.526. The number of para-hydroxylation sites is 2. The first-order chi connectivity index (χ1) is 10.7. The molecule has 3 nitrogen and oxygen atoms in total. The van der Waals surface area contributed by atoms with Crippen LogP contribution in [0.15, 0.2) is 41.6 Å². The average Bonchev–Trinajstić information content (AvgIpc) is 3.40. The number of hydrogen-bond acceptors (Lipinski definition) is 3. The van der Waals surface area contributed by atoms with E-state index in [2.05, 4.69) is 34.2 Å². The first-order valence-corrected chi connectivity index (χ1v) is 8.54. The van der Waals surface area contributed by atoms with Crippen molar-refractivity contribution >= 4 is 11.4 Å². The fourth-order valence-electron chi connectivity index (χ4n) is 4.97. The molecule has 0 bridgehead atoms. The van der Waals surface area contributed by atoms with Crippen LogP contribution < -0.4 is 11.1 Å². The van der Waals surface area contributed by atoms with Crippen molar-refractivity contribution < 1.29 is 0 Å². The standard InChI is InChI=1S/C19H23N3/c20-16-5-1-2-6-17(16)21-15-7-10-22(11-8-15)19-9-3-4-14-12-18(14,19)13-19/h1-3,5-6,15,21H,7-13,20H2. The van der Waals surface area contributed by atoms with Crippen molar-refractivity contribution in [3.05, 3.63) is 41.6 Å². The van der Waals surface area contributed by atoms with Gasteiger partial charge in [-0.3, -0.25) is 4.90 Å². The number of likely N-dealkylation sites (tertiary alicyclic amines) is 1. The molecule has 22 heavy (non-hydrogen) atoms. The summed E-state index contributed by atoms with van der Waals surface area (Å²) in [6.07, 6.45) is 8.66. The second kappa shape index (κ2) is 4.18. The van der Waals surface area contributed by atoms with Crippen LogP contribution >= 0.6 is 0 Å². The van der Waals surface area contributed by atoms with Gasteiger partial charge in [-0.1, -0.05) is 12.1 Å². The van der Waals surface area contributed by atoms with E-state index in [4.69, 9.17) is 5.73 Å². The Morgan fingerprint density at radius 2 is 2.05 bits per heavy atom. The lowest BCUT2D eigenvalue weighted by Gasteiger charge is -2.39. The predicted molar refractivity (Wildman–Crippen MR) is 89.7 cm³/mol. The SMILES string of the molecule is Nc1ccccc1NC1CCN(C23CC=C=C4CC42C3)CC1. The molecule has 1 aromatic rings. The molecule has 1 saturated heterocycles. The first kappa shape index (κ1) is 12.8. The van der Waals surface area contributed by atoms with Crippen LogP contribution in [0.5, 0.6) is 0 Å². The molecule has 3 heteroatoms. The molecular weight excluding hydrogens is 270 g/mol. The summed E-state index contributed by atoms with van der Waals surface area (Å²) in [6.45, 7) is 2.43. The molecule has 0 radical (unpaired) electrons. The van der Waals surface area contributed by atoms with Crippen LogP contribution in [0.1, 0.15) is 32.1 Å². The van der Waals surface area contributed by atoms with Gasteiger partial charge in [0.1, 0.15) is 0 Å². The highest BCUT2D eigenvalue weighted by atomic mass is 15.3. The van der Waals surface area contributed by atoms with Gasteiger partial charge in [-0.15, -0.1) is 5.73 Å². The third-order valence-electron chi connectivity index (χ3n) is 6.43. The quantitative estimate of drug-likeness (QED) is 0.664. The van der Waals surface area contributed by atoms with E-state index in [1.807, 2.05) is 12.1 Å². The maximum absolute atomic E-state index is 6.05. The Hall–Kier alpha value is -1.70. The largest absolute Gasteiger partial charge is 0.397 e. The van der Waals surface area contributed by atoms with Crippen molar-refractivity contribution in [2.75, 3.05) is 24.1 Å². The second-order valence-electron chi connectivity index (χ2n) is 7.49. The number of benzene rings is 1. The summed E-state index contributed by atoms with van der Waals surface area (Å²) in [5, 5.41) is 3.64. The third-order valence-corrected chi connectivity index (χ3v) is 6.43. The van der Waals surface area contributed by atoms with Crippen LogP contribution in [0, 0.1) is 5.41 Å². The zero-order valence-corrected chi connectivity index (χ0v) is 12.9. The van der Waals surface area contributed by atoms with Gasteiger partial charge >= 0.3 is 0 Å². The molecule has 2 atom stereocenters. The van der Waals surface area contributed by atoms with Gasteiger partial charge in [0.2, 0.25) is 0 Å². The lowest BCUT2D eigenvalue weighted by molar-refractivity contribution is 0.126. The summed E-state index contributed by atoms with van der Waals surface area (Å²) in [4.78, 5) is 2.78. The molecule has 3 aliphatic carbocycles. The van der Waals surface area contributed by atoms with Crippen LogP contribution in [-0.4, -0.2) is 29.6 Å². The van der Waals surface area contributed by atoms with Crippen molar-refractivity contribution in [1.29, 1.82) is 0 Å². The van der Waals surface area contributed by atoms with Crippen molar-refractivity contribution in [2.24, 2.45) is 5.41 Å². The van der Waals surface area contributed by atoms with Gasteiger partial charge in [0.05, 0.1) is 11.4 Å². The van der Waals surface area contributed by atoms with Gasteiger partial charge in [-0.2, -0.15) is 0 Å². The summed E-state index contributed by atoms with van der Waals surface area (Å²) in [7, 11) is 0. The zero-order valence-electron chi connectivity index (χ0n) is 12.9. The van der Waals surface area contributed by atoms with Gasteiger partial charge in [0.15, 0.2) is 0 Å². The zero-order chi connectivity index (χ0) is 14.8. The number of nitrogen functional groups attached to an aromatic ring is 1. The van der Waals surface area contributed by atoms with Crippen molar-refractivity contribution in [2.45, 2.75) is 43.7 Å². The Labute approximate surface area is 131 Å². The van der Waals surface area contributed by atoms with Crippen LogP contribution in [0.4, 0.5) is 11.4 Å². The molecule has 1 spiro atoms. The topological polar surface area (TPSA) is 41.3 Å². The molecule has 114 valence electrons. The normalized spacial score (nSPS) is 36.3. The van der Waals surface area contributed by atoms with E-state index in [1.165, 1.54) is 45.2 Å². The number of piperidine rings is 1. The van der Waals surface area contributed by atoms with E-state index in [9.17, 15) is 0 Å². The summed E-state index contributed by atoms with van der Waals surface area (Å²) in [5.74, 6) is 0. The van der Waals surface area contributed by atoms with Gasteiger partial charge in [0.25, 0.3) is 0 Å². The van der Waals surface area contributed by atoms with Gasteiger partial charge in [-0.25, -0.2) is 0 Å². The highest BCUT2D eigenvalue weighted by Gasteiger charge is 2.79. The summed E-state index contributed by atoms with van der Waals surface area (Å²) in [5.41, 5.74) is 14.2. The number of nitrogens with one attached hydrogen (secondary N) is 1. The van der Waals surface area contributed by atoms with Crippen molar-refractivity contribution in [1.82, 2.24) is 4.90 Å². The lowest BCUT2D eigenvalue weighted by Crippen LogP contribution is -2.47. The minimum absolute atomic E-state index is 0.490. The molecule has 2 saturated carbocycles. The van der Waals surface area contributed by atoms with Gasteiger partial charge in [0, 0.05) is 30.1 Å². The maximum atomic E-state index is 6.05. The molecule has 0 amide bonds. The molecule has 1 aromatic carbocycles. The molecule has 3 N–H and O–H groups in total. The van der Waals surface area contributed by atoms with Crippen molar-refractivity contribution in [3.8, 4) is 0 Å². The van der Waals surface area contributed by atoms with Crippen LogP contribution in [0.3, 0.4) is 0 Å². The summed E-state index contributed by atoms with van der Waals surface area (Å²) < 4.78 is 0. The molecule has 4 aliphatic rings. The molecule has 2 unspecified atom stereocenters. The minimum Gasteiger partial charge on any atom is -0.397 e. The van der Waals surface area contributed by atoms with Crippen LogP contribution in [0.2, 0.25) is 0 Å². The third kappa shape index (κ3) is 1.61. The monoisotopic (exact) mass is 293 g/mol. The van der Waals surface area contributed by atoms with Crippen molar-refractivity contribution in [3.63, 3.8) is 0 Å². The second-order valence-corrected chi connectivity index (χ2v) is 7.49. The predicted octanol–water partition coefficient (Wildman–Crippen LogP) is 3.16. The number of rotatable bonds is 3. The minimum atomic E-state index is 0.490. The molecule has 3 fully saturated rings. The lowest BCUT2D eigenvalue weighted by atomic mass is 9.97. The summed E-state index contributed by atoms with van der Waals surface area (Å²) >= 11 is 0. The molecule has 0 aromatic heterocycles. The number of anilines is 2. The van der Waals surface area contributed by atoms with Gasteiger partial charge in [-0.05, 0) is 55.9 Å². The van der Waals surface area contributed by atoms with Crippen LogP contribution in [0.25, 0.3) is 0 Å². The van der Waals surface area contributed by atoms with E-state index in [-0.39, 0.29) is 0 Å². The molecular formula is C19H23N3. The van der Waals surface area contributed by atoms with Crippen LogP contribution in [-0.2, 0) is 0 Å². The smallest absolute Gasteiger partial charge is 0.0576 e. The van der Waals surface area contributed by atoms with E-state index < -0.39 is 0 Å². The Balaban J connectivity index is 1.24. The average molecular weight is 293 g/mol. The Bertz CT molecular complexity index is 694. The number of nitrogens with two attached hydrogens (primary N) is 1. The first-order valence-electron chi connectivity index (χ1n) is 8.54. The Morgan fingerprint density at radius 1 is 1.23 bits per heavy atom. The van der Waals surface area contributed by atoms with E-state index in [0.717, 1.165) is 11.4 Å². The van der Waals surface area contributed by atoms with Gasteiger partial charge < -0.3 is 11.1 Å². The molecule has 5 rings (SSSR count). The van der Waals surface area contributed by atoms with E-state index in [0.29, 0.717) is 17.0 Å². The Kier molecular flexibility index (Phi) is 2.44. The summed E-state index contributed by atoms with van der Waals surface area (Å²) in [6, 6.07) is 8.66. The highest BCUT2D eigenvalue weighted by Crippen LogP contribution is 2.80. The molecule has 1 aliphatic heterocycles. The Morgan fingerprint density at radius 3 is 2.86 bits per heavy atom. The fourth-order valence-corrected chi connectivity index (χ4v) is 4.97. The highest BCUT2D eigenvalue weighted by molar-refractivity contribution is 5.66. The van der Waals surface area contributed by atoms with E-state index >= 15 is 0 Å². The maximum Gasteiger partial charge on any atom is 0.0576 e. The molecule has 1 heterocycles.